The second kappa shape index (κ2) is 6.62. The molecule has 3 heterocycles. The first-order valence-electron chi connectivity index (χ1n) is 7.12. The van der Waals surface area contributed by atoms with E-state index in [0.717, 1.165) is 21.3 Å². The minimum absolute atomic E-state index is 0.248. The molecule has 0 fully saturated rings. The van der Waals surface area contributed by atoms with Gasteiger partial charge in [-0.15, -0.1) is 11.3 Å². The molecule has 1 aromatic carbocycles. The second-order valence-electron chi connectivity index (χ2n) is 4.95. The maximum atomic E-state index is 13.0. The third-order valence-electron chi connectivity index (χ3n) is 3.29. The van der Waals surface area contributed by atoms with Crippen molar-refractivity contribution in [1.29, 1.82) is 0 Å². The fourth-order valence-electron chi connectivity index (χ4n) is 2.13. The summed E-state index contributed by atoms with van der Waals surface area (Å²) in [5.74, 6) is 1.68. The van der Waals surface area contributed by atoms with Gasteiger partial charge in [0.2, 0.25) is 5.76 Å². The van der Waals surface area contributed by atoms with Crippen LogP contribution in [0.15, 0.2) is 67.4 Å². The molecule has 0 amide bonds. The van der Waals surface area contributed by atoms with Crippen molar-refractivity contribution in [3.05, 3.63) is 65.6 Å². The summed E-state index contributed by atoms with van der Waals surface area (Å²) in [4.78, 5) is 4.56. The number of furan rings is 1. The van der Waals surface area contributed by atoms with Gasteiger partial charge in [-0.1, -0.05) is 16.9 Å². The van der Waals surface area contributed by atoms with Crippen LogP contribution >= 0.6 is 23.1 Å². The smallest absolute Gasteiger partial charge is 0.202 e. The van der Waals surface area contributed by atoms with Crippen LogP contribution in [-0.2, 0) is 5.75 Å². The summed E-state index contributed by atoms with van der Waals surface area (Å²) < 4.78 is 24.5. The number of rotatable bonds is 5. The Morgan fingerprint density at radius 2 is 2.00 bits per heavy atom. The molecule has 4 aromatic rings. The molecule has 0 bridgehead atoms. The fourth-order valence-corrected chi connectivity index (χ4v) is 3.84. The van der Waals surface area contributed by atoms with Crippen LogP contribution in [0.3, 0.4) is 0 Å². The molecule has 0 spiro atoms. The van der Waals surface area contributed by atoms with E-state index >= 15 is 0 Å². The summed E-state index contributed by atoms with van der Waals surface area (Å²) in [6.07, 6.45) is 1.60. The summed E-state index contributed by atoms with van der Waals surface area (Å²) in [7, 11) is 0. The van der Waals surface area contributed by atoms with Gasteiger partial charge in [-0.2, -0.15) is 0 Å². The first-order chi connectivity index (χ1) is 11.8. The monoisotopic (exact) mass is 358 g/mol. The Morgan fingerprint density at radius 1 is 1.12 bits per heavy atom. The summed E-state index contributed by atoms with van der Waals surface area (Å²) in [6, 6.07) is 11.8. The van der Waals surface area contributed by atoms with Crippen LogP contribution in [0.25, 0.3) is 22.8 Å². The van der Waals surface area contributed by atoms with Gasteiger partial charge >= 0.3 is 0 Å². The van der Waals surface area contributed by atoms with E-state index in [1.54, 1.807) is 47.6 Å². The molecule has 0 radical (unpaired) electrons. The zero-order chi connectivity index (χ0) is 16.4. The number of thioether (sulfide) groups is 1. The van der Waals surface area contributed by atoms with E-state index in [1.165, 1.54) is 12.1 Å². The molecule has 0 atom stereocenters. The van der Waals surface area contributed by atoms with Crippen LogP contribution < -0.4 is 0 Å². The largest absolute Gasteiger partial charge is 0.461 e. The zero-order valence-electron chi connectivity index (χ0n) is 12.3. The first-order valence-corrected chi connectivity index (χ1v) is 8.98. The number of halogens is 1. The van der Waals surface area contributed by atoms with E-state index in [2.05, 4.69) is 10.1 Å². The van der Waals surface area contributed by atoms with Gasteiger partial charge in [-0.25, -0.2) is 9.37 Å². The maximum absolute atomic E-state index is 13.0. The molecule has 0 unspecified atom stereocenters. The quantitative estimate of drug-likeness (QED) is 0.442. The highest BCUT2D eigenvalue weighted by Crippen LogP contribution is 2.31. The number of benzene rings is 1. The van der Waals surface area contributed by atoms with Gasteiger partial charge < -0.3 is 8.94 Å². The third-order valence-corrected chi connectivity index (χ3v) is 5.34. The van der Waals surface area contributed by atoms with E-state index in [9.17, 15) is 4.39 Å². The van der Waals surface area contributed by atoms with Crippen molar-refractivity contribution in [2.45, 2.75) is 10.1 Å². The molecule has 3 aromatic heterocycles. The minimum atomic E-state index is -0.248. The highest BCUT2D eigenvalue weighted by Gasteiger charge is 2.11. The molecule has 0 saturated heterocycles. The normalized spacial score (nSPS) is 11.0. The van der Waals surface area contributed by atoms with E-state index in [-0.39, 0.29) is 5.82 Å². The van der Waals surface area contributed by atoms with Gasteiger partial charge in [-0.3, -0.25) is 0 Å². The van der Waals surface area contributed by atoms with Crippen LogP contribution in [-0.4, -0.2) is 10.1 Å². The summed E-state index contributed by atoms with van der Waals surface area (Å²) in [6.45, 7) is 0. The molecule has 0 saturated carbocycles. The molecule has 4 rings (SSSR count). The molecule has 24 heavy (non-hydrogen) atoms. The summed E-state index contributed by atoms with van der Waals surface area (Å²) in [5.41, 5.74) is 2.57. The Bertz CT molecular complexity index is 930. The average Bonchev–Trinajstić information content (AvgIpc) is 3.34. The highest BCUT2D eigenvalue weighted by atomic mass is 32.2. The van der Waals surface area contributed by atoms with Gasteiger partial charge in [0.25, 0.3) is 0 Å². The lowest BCUT2D eigenvalue weighted by Gasteiger charge is -1.95. The number of hydrogen-bond acceptors (Lipinski definition) is 6. The molecular formula is C17H11FN2O2S2. The third kappa shape index (κ3) is 3.27. The number of thiazole rings is 1. The van der Waals surface area contributed by atoms with Gasteiger partial charge in [0.1, 0.15) is 5.82 Å². The lowest BCUT2D eigenvalue weighted by Crippen LogP contribution is -1.81. The molecule has 0 aliphatic heterocycles. The van der Waals surface area contributed by atoms with Crippen LogP contribution in [0.5, 0.6) is 0 Å². The summed E-state index contributed by atoms with van der Waals surface area (Å²) in [5, 5.41) is 6.01. The van der Waals surface area contributed by atoms with Crippen LogP contribution in [0.4, 0.5) is 4.39 Å². The number of hydrogen-bond donors (Lipinski definition) is 0. The molecule has 4 nitrogen and oxygen atoms in total. The fraction of sp³-hybridized carbons (Fsp3) is 0.0588. The SMILES string of the molecule is Fc1ccc(-c2csc(SCc3cc(-c4ccco4)on3)n2)cc1. The Labute approximate surface area is 145 Å². The lowest BCUT2D eigenvalue weighted by molar-refractivity contribution is 0.413. The number of nitrogens with zero attached hydrogens (tertiary/aromatic N) is 2. The molecule has 0 aliphatic rings. The van der Waals surface area contributed by atoms with Crippen LogP contribution in [0, 0.1) is 5.82 Å². The van der Waals surface area contributed by atoms with Gasteiger partial charge in [0, 0.05) is 22.8 Å². The van der Waals surface area contributed by atoms with Crippen molar-refractivity contribution >= 4 is 23.1 Å². The summed E-state index contributed by atoms with van der Waals surface area (Å²) >= 11 is 3.14. The van der Waals surface area contributed by atoms with Gasteiger partial charge in [-0.05, 0) is 36.4 Å². The average molecular weight is 358 g/mol. The molecule has 0 N–H and O–H groups in total. The van der Waals surface area contributed by atoms with Gasteiger partial charge in [0.15, 0.2) is 10.1 Å². The highest BCUT2D eigenvalue weighted by molar-refractivity contribution is 8.00. The molecule has 120 valence electrons. The first kappa shape index (κ1) is 15.2. The predicted molar refractivity (Wildman–Crippen MR) is 91.3 cm³/mol. The molecular weight excluding hydrogens is 347 g/mol. The lowest BCUT2D eigenvalue weighted by atomic mass is 10.2. The van der Waals surface area contributed by atoms with Crippen molar-refractivity contribution in [2.75, 3.05) is 0 Å². The van der Waals surface area contributed by atoms with Crippen molar-refractivity contribution in [1.82, 2.24) is 10.1 Å². The standard InChI is InChI=1S/C17H11FN2O2S2/c18-12-5-3-11(4-6-12)14-10-24-17(19-14)23-9-13-8-16(22-20-13)15-2-1-7-21-15/h1-8,10H,9H2. The van der Waals surface area contributed by atoms with Crippen molar-refractivity contribution in [3.63, 3.8) is 0 Å². The van der Waals surface area contributed by atoms with Crippen LogP contribution in [0.1, 0.15) is 5.69 Å². The topological polar surface area (TPSA) is 52.1 Å². The van der Waals surface area contributed by atoms with E-state index in [0.29, 0.717) is 17.3 Å². The number of aromatic nitrogens is 2. The molecule has 7 heteroatoms. The second-order valence-corrected chi connectivity index (χ2v) is 7.03. The van der Waals surface area contributed by atoms with Crippen LogP contribution in [0.2, 0.25) is 0 Å². The van der Waals surface area contributed by atoms with E-state index < -0.39 is 0 Å². The Morgan fingerprint density at radius 3 is 2.79 bits per heavy atom. The zero-order valence-corrected chi connectivity index (χ0v) is 13.9. The predicted octanol–water partition coefficient (Wildman–Crippen LogP) is 5.49. The van der Waals surface area contributed by atoms with E-state index in [4.69, 9.17) is 8.94 Å². The molecule has 0 aliphatic carbocycles. The van der Waals surface area contributed by atoms with E-state index in [1.807, 2.05) is 17.5 Å². The Balaban J connectivity index is 1.42. The Kier molecular flexibility index (Phi) is 4.18. The van der Waals surface area contributed by atoms with Crippen molar-refractivity contribution < 1.29 is 13.3 Å². The van der Waals surface area contributed by atoms with Gasteiger partial charge in [0.05, 0.1) is 17.7 Å². The van der Waals surface area contributed by atoms with Crippen molar-refractivity contribution in [3.8, 4) is 22.8 Å². The maximum Gasteiger partial charge on any atom is 0.202 e. The van der Waals surface area contributed by atoms with Crippen molar-refractivity contribution in [2.24, 2.45) is 0 Å². The Hall–Kier alpha value is -2.38. The minimum Gasteiger partial charge on any atom is -0.461 e.